The van der Waals surface area contributed by atoms with Crippen LogP contribution in [0, 0.1) is 0 Å². The van der Waals surface area contributed by atoms with E-state index in [4.69, 9.17) is 0 Å². The first-order valence-corrected chi connectivity index (χ1v) is 10.5. The maximum Gasteiger partial charge on any atom is 0.209 e. The van der Waals surface area contributed by atoms with Gasteiger partial charge in [-0.15, -0.1) is 0 Å². The van der Waals surface area contributed by atoms with Crippen LogP contribution < -0.4 is 10.6 Å². The molecular weight excluding hydrogens is 378 g/mol. The molecule has 2 saturated heterocycles. The summed E-state index contributed by atoms with van der Waals surface area (Å²) in [5, 5.41) is 18.0. The number of benzene rings is 2. The minimum Gasteiger partial charge on any atom is -0.507 e. The molecule has 1 aromatic heterocycles. The Bertz CT molecular complexity index is 998. The van der Waals surface area contributed by atoms with E-state index in [2.05, 4.69) is 20.6 Å². The molecule has 2 fully saturated rings. The van der Waals surface area contributed by atoms with Crippen LogP contribution in [0.15, 0.2) is 48.5 Å². The van der Waals surface area contributed by atoms with Crippen LogP contribution >= 0.6 is 0 Å². The number of phenols is 1. The average molecular weight is 406 g/mol. The highest BCUT2D eigenvalue weighted by Gasteiger charge is 2.18. The van der Waals surface area contributed by atoms with E-state index in [1.54, 1.807) is 17.0 Å². The van der Waals surface area contributed by atoms with Crippen molar-refractivity contribution in [3.8, 4) is 17.1 Å². The Kier molecular flexibility index (Phi) is 6.39. The van der Waals surface area contributed by atoms with Crippen molar-refractivity contribution in [3.05, 3.63) is 48.5 Å². The van der Waals surface area contributed by atoms with Crippen molar-refractivity contribution in [1.29, 1.82) is 0 Å². The van der Waals surface area contributed by atoms with Gasteiger partial charge in [-0.05, 0) is 50.1 Å². The maximum absolute atomic E-state index is 10.1. The van der Waals surface area contributed by atoms with Crippen molar-refractivity contribution in [2.24, 2.45) is 0 Å². The van der Waals surface area contributed by atoms with Crippen LogP contribution in [-0.2, 0) is 4.79 Å². The highest BCUT2D eigenvalue weighted by Crippen LogP contribution is 2.30. The molecule has 2 aliphatic heterocycles. The zero-order chi connectivity index (χ0) is 20.8. The molecule has 0 bridgehead atoms. The van der Waals surface area contributed by atoms with Crippen molar-refractivity contribution >= 4 is 23.1 Å². The van der Waals surface area contributed by atoms with Gasteiger partial charge in [-0.25, -0.2) is 9.97 Å². The predicted molar refractivity (Wildman–Crippen MR) is 118 cm³/mol. The molecule has 0 saturated carbocycles. The number of carbonyl (C=O) groups is 1. The number of hydrogen-bond acceptors (Lipinski definition) is 6. The van der Waals surface area contributed by atoms with Gasteiger partial charge in [0, 0.05) is 31.1 Å². The summed E-state index contributed by atoms with van der Waals surface area (Å²) >= 11 is 0. The number of nitrogens with zero attached hydrogens (tertiary/aromatic N) is 3. The van der Waals surface area contributed by atoms with Gasteiger partial charge in [0.2, 0.25) is 6.41 Å². The number of nitrogens with one attached hydrogen (secondary N) is 2. The van der Waals surface area contributed by atoms with Gasteiger partial charge in [0.15, 0.2) is 5.82 Å². The number of amides is 1. The Hall–Kier alpha value is -3.19. The molecule has 5 rings (SSSR count). The van der Waals surface area contributed by atoms with Crippen LogP contribution in [0.4, 0.5) is 5.82 Å². The number of fused-ring (bicyclic) bond motifs is 1. The summed E-state index contributed by atoms with van der Waals surface area (Å²) in [6.07, 6.45) is 4.38. The van der Waals surface area contributed by atoms with Gasteiger partial charge in [-0.1, -0.05) is 24.3 Å². The first kappa shape index (κ1) is 20.1. The quantitative estimate of drug-likeness (QED) is 0.578. The molecule has 2 aliphatic rings. The van der Waals surface area contributed by atoms with E-state index in [0.29, 0.717) is 17.4 Å². The molecule has 1 unspecified atom stereocenters. The number of anilines is 1. The van der Waals surface area contributed by atoms with E-state index < -0.39 is 0 Å². The van der Waals surface area contributed by atoms with E-state index in [1.807, 2.05) is 36.4 Å². The molecule has 0 radical (unpaired) electrons. The third kappa shape index (κ3) is 4.68. The van der Waals surface area contributed by atoms with Gasteiger partial charge >= 0.3 is 0 Å². The third-order valence-electron chi connectivity index (χ3n) is 5.44. The predicted octanol–water partition coefficient (Wildman–Crippen LogP) is 3.01. The van der Waals surface area contributed by atoms with E-state index >= 15 is 0 Å². The van der Waals surface area contributed by atoms with Crippen molar-refractivity contribution in [3.63, 3.8) is 0 Å². The van der Waals surface area contributed by atoms with Gasteiger partial charge in [0.05, 0.1) is 11.1 Å². The molecule has 30 heavy (non-hydrogen) atoms. The molecular formula is C23H27N5O2. The monoisotopic (exact) mass is 405 g/mol. The zero-order valence-corrected chi connectivity index (χ0v) is 16.9. The van der Waals surface area contributed by atoms with Crippen LogP contribution in [-0.4, -0.2) is 58.6 Å². The lowest BCUT2D eigenvalue weighted by Crippen LogP contribution is -2.23. The van der Waals surface area contributed by atoms with Gasteiger partial charge in [-0.3, -0.25) is 4.79 Å². The maximum atomic E-state index is 10.1. The van der Waals surface area contributed by atoms with Gasteiger partial charge in [-0.2, -0.15) is 0 Å². The fourth-order valence-electron chi connectivity index (χ4n) is 3.79. The number of aromatic hydroxyl groups is 1. The summed E-state index contributed by atoms with van der Waals surface area (Å²) in [6, 6.07) is 15.5. The molecule has 3 heterocycles. The molecule has 2 aromatic carbocycles. The summed E-state index contributed by atoms with van der Waals surface area (Å²) in [6.45, 7) is 3.91. The number of para-hydroxylation sites is 2. The standard InChI is InChI=1S/C18H18N4O.C5H9NO/c23-16-8-4-2-6-14(16)18-21-15-7-3-1-5-13(15)17(22-18)20-12-9-10-19-11-12;7-5-6-3-1-2-4-6/h1-8,12,19,23H,9-11H2,(H,20,21,22);5H,1-4H2. The largest absolute Gasteiger partial charge is 0.507 e. The topological polar surface area (TPSA) is 90.4 Å². The van der Waals surface area contributed by atoms with Gasteiger partial charge in [0.25, 0.3) is 0 Å². The van der Waals surface area contributed by atoms with Gasteiger partial charge < -0.3 is 20.6 Å². The van der Waals surface area contributed by atoms with E-state index in [-0.39, 0.29) is 5.75 Å². The Morgan fingerprint density at radius 1 is 1.07 bits per heavy atom. The van der Waals surface area contributed by atoms with Crippen molar-refractivity contribution < 1.29 is 9.90 Å². The molecule has 156 valence electrons. The second kappa shape index (κ2) is 9.54. The number of carbonyl (C=O) groups excluding carboxylic acids is 1. The summed E-state index contributed by atoms with van der Waals surface area (Å²) in [5.74, 6) is 1.55. The molecule has 3 aromatic rings. The first-order chi connectivity index (χ1) is 14.7. The number of hydrogen-bond donors (Lipinski definition) is 3. The minimum absolute atomic E-state index is 0.191. The van der Waals surface area contributed by atoms with E-state index in [9.17, 15) is 9.90 Å². The van der Waals surface area contributed by atoms with E-state index in [0.717, 1.165) is 55.7 Å². The molecule has 1 amide bonds. The smallest absolute Gasteiger partial charge is 0.209 e. The summed E-state index contributed by atoms with van der Waals surface area (Å²) in [5.41, 5.74) is 1.51. The number of likely N-dealkylation sites (tertiary alicyclic amines) is 1. The zero-order valence-electron chi connectivity index (χ0n) is 16.9. The normalized spacial score (nSPS) is 18.1. The second-order valence-corrected chi connectivity index (χ2v) is 7.61. The number of rotatable bonds is 4. The Labute approximate surface area is 176 Å². The second-order valence-electron chi connectivity index (χ2n) is 7.61. The molecule has 7 nitrogen and oxygen atoms in total. The van der Waals surface area contributed by atoms with E-state index in [1.165, 1.54) is 12.8 Å². The Morgan fingerprint density at radius 2 is 1.83 bits per heavy atom. The van der Waals surface area contributed by atoms with Crippen LogP contribution in [0.5, 0.6) is 5.75 Å². The van der Waals surface area contributed by atoms with Crippen LogP contribution in [0.3, 0.4) is 0 Å². The number of phenolic OH excluding ortho intramolecular Hbond substituents is 1. The fourth-order valence-corrected chi connectivity index (χ4v) is 3.79. The Morgan fingerprint density at radius 3 is 2.53 bits per heavy atom. The summed E-state index contributed by atoms with van der Waals surface area (Å²) < 4.78 is 0. The van der Waals surface area contributed by atoms with Crippen LogP contribution in [0.1, 0.15) is 19.3 Å². The lowest BCUT2D eigenvalue weighted by atomic mass is 10.1. The van der Waals surface area contributed by atoms with Crippen molar-refractivity contribution in [2.45, 2.75) is 25.3 Å². The molecule has 3 N–H and O–H groups in total. The van der Waals surface area contributed by atoms with Crippen LogP contribution in [0.25, 0.3) is 22.3 Å². The SMILES string of the molecule is O=CN1CCCC1.Oc1ccccc1-c1nc(NC2CCNC2)c2ccccc2n1. The summed E-state index contributed by atoms with van der Waals surface area (Å²) in [4.78, 5) is 21.0. The molecule has 1 atom stereocenters. The van der Waals surface area contributed by atoms with Crippen LogP contribution in [0.2, 0.25) is 0 Å². The highest BCUT2D eigenvalue weighted by molar-refractivity contribution is 5.91. The molecule has 7 heteroatoms. The molecule has 0 aliphatic carbocycles. The van der Waals surface area contributed by atoms with Gasteiger partial charge in [0.1, 0.15) is 11.6 Å². The summed E-state index contributed by atoms with van der Waals surface area (Å²) in [7, 11) is 0. The molecule has 0 spiro atoms. The average Bonchev–Trinajstić information content (AvgIpc) is 3.49. The van der Waals surface area contributed by atoms with Crippen molar-refractivity contribution in [1.82, 2.24) is 20.2 Å². The lowest BCUT2D eigenvalue weighted by Gasteiger charge is -2.15. The first-order valence-electron chi connectivity index (χ1n) is 10.5. The third-order valence-corrected chi connectivity index (χ3v) is 5.44. The minimum atomic E-state index is 0.191. The number of aromatic nitrogens is 2. The highest BCUT2D eigenvalue weighted by atomic mass is 16.3. The Balaban J connectivity index is 0.000000265. The lowest BCUT2D eigenvalue weighted by molar-refractivity contribution is -0.117. The fraction of sp³-hybridized carbons (Fsp3) is 0.348. The van der Waals surface area contributed by atoms with Crippen molar-refractivity contribution in [2.75, 3.05) is 31.5 Å².